The fourth-order valence-corrected chi connectivity index (χ4v) is 5.08. The van der Waals surface area contributed by atoms with Gasteiger partial charge in [-0.3, -0.25) is 9.69 Å². The standard InChI is InChI=1S/C25H28N2O2.ClH/c28-24-21-9-5-4-8-20(21)22-16-18(10-11-23(22)26-24)17-27-14-12-25(29,13-15-27)19-6-2-1-3-7-19;/h1-3,6-7,10-11,16,29H,4-5,8-9,12-15,17H2,(H,26,28);1H. The van der Waals surface area contributed by atoms with Crippen molar-refractivity contribution in [2.75, 3.05) is 13.1 Å². The molecule has 2 aromatic carbocycles. The van der Waals surface area contributed by atoms with Gasteiger partial charge in [0.25, 0.3) is 5.56 Å². The summed E-state index contributed by atoms with van der Waals surface area (Å²) in [5.74, 6) is 0. The van der Waals surface area contributed by atoms with Crippen molar-refractivity contribution in [2.45, 2.75) is 50.7 Å². The summed E-state index contributed by atoms with van der Waals surface area (Å²) in [5, 5.41) is 12.3. The van der Waals surface area contributed by atoms with Crippen LogP contribution in [0.2, 0.25) is 0 Å². The Morgan fingerprint density at radius 3 is 2.40 bits per heavy atom. The molecule has 1 aliphatic heterocycles. The second-order valence-corrected chi connectivity index (χ2v) is 8.67. The van der Waals surface area contributed by atoms with Crippen LogP contribution >= 0.6 is 12.4 Å². The van der Waals surface area contributed by atoms with Gasteiger partial charge in [0.15, 0.2) is 0 Å². The predicted molar refractivity (Wildman–Crippen MR) is 123 cm³/mol. The Morgan fingerprint density at radius 2 is 1.67 bits per heavy atom. The van der Waals surface area contributed by atoms with Gasteiger partial charge in [-0.2, -0.15) is 0 Å². The number of benzene rings is 2. The van der Waals surface area contributed by atoms with Gasteiger partial charge in [0.2, 0.25) is 0 Å². The maximum Gasteiger partial charge on any atom is 0.251 e. The minimum Gasteiger partial charge on any atom is -0.385 e. The number of hydrogen-bond acceptors (Lipinski definition) is 3. The average Bonchev–Trinajstić information content (AvgIpc) is 2.77. The van der Waals surface area contributed by atoms with Crippen LogP contribution in [0.25, 0.3) is 10.9 Å². The van der Waals surface area contributed by atoms with Gasteiger partial charge in [0.05, 0.1) is 5.60 Å². The highest BCUT2D eigenvalue weighted by Crippen LogP contribution is 2.33. The lowest BCUT2D eigenvalue weighted by molar-refractivity contribution is -0.0277. The molecule has 5 heteroatoms. The molecule has 2 aliphatic rings. The molecule has 2 N–H and O–H groups in total. The Morgan fingerprint density at radius 1 is 0.967 bits per heavy atom. The van der Waals surface area contributed by atoms with Crippen LogP contribution < -0.4 is 5.56 Å². The van der Waals surface area contributed by atoms with Gasteiger partial charge in [-0.15, -0.1) is 12.4 Å². The highest BCUT2D eigenvalue weighted by molar-refractivity contribution is 5.85. The van der Waals surface area contributed by atoms with Crippen LogP contribution in [0.1, 0.15) is 47.9 Å². The normalized spacial score (nSPS) is 18.6. The van der Waals surface area contributed by atoms with E-state index in [-0.39, 0.29) is 18.0 Å². The molecule has 3 aromatic rings. The molecule has 0 amide bonds. The van der Waals surface area contributed by atoms with Crippen molar-refractivity contribution in [1.82, 2.24) is 9.88 Å². The summed E-state index contributed by atoms with van der Waals surface area (Å²) >= 11 is 0. The van der Waals surface area contributed by atoms with E-state index in [9.17, 15) is 9.90 Å². The van der Waals surface area contributed by atoms with Gasteiger partial charge >= 0.3 is 0 Å². The zero-order valence-corrected chi connectivity index (χ0v) is 18.0. The number of pyridine rings is 1. The van der Waals surface area contributed by atoms with Crippen LogP contribution in [0.15, 0.2) is 53.3 Å². The number of hydrogen-bond donors (Lipinski definition) is 2. The van der Waals surface area contributed by atoms with E-state index < -0.39 is 5.60 Å². The molecule has 0 spiro atoms. The third-order valence-corrected chi connectivity index (χ3v) is 6.80. The first-order chi connectivity index (χ1) is 14.1. The smallest absolute Gasteiger partial charge is 0.251 e. The van der Waals surface area contributed by atoms with E-state index in [0.29, 0.717) is 0 Å². The van der Waals surface area contributed by atoms with Crippen LogP contribution in [0.4, 0.5) is 0 Å². The largest absolute Gasteiger partial charge is 0.385 e. The van der Waals surface area contributed by atoms with Gasteiger partial charge in [-0.05, 0) is 67.3 Å². The molecule has 0 atom stereocenters. The molecule has 0 radical (unpaired) electrons. The Bertz CT molecular complexity index is 1090. The maximum absolute atomic E-state index is 12.4. The first-order valence-corrected chi connectivity index (χ1v) is 10.8. The number of H-pyrrole nitrogens is 1. The number of aromatic nitrogens is 1. The fourth-order valence-electron chi connectivity index (χ4n) is 5.08. The molecule has 158 valence electrons. The SMILES string of the molecule is Cl.O=c1[nH]c2ccc(CN3CCC(O)(c4ccccc4)CC3)cc2c2c1CCCC2. The maximum atomic E-state index is 12.4. The molecule has 0 unspecified atom stereocenters. The molecule has 1 fully saturated rings. The predicted octanol–water partition coefficient (Wildman–Crippen LogP) is 4.31. The van der Waals surface area contributed by atoms with Crippen molar-refractivity contribution in [3.63, 3.8) is 0 Å². The minimum absolute atomic E-state index is 0. The number of fused-ring (bicyclic) bond motifs is 3. The molecule has 0 saturated carbocycles. The van der Waals surface area contributed by atoms with Crippen LogP contribution in [0.5, 0.6) is 0 Å². The van der Waals surface area contributed by atoms with Crippen molar-refractivity contribution in [1.29, 1.82) is 0 Å². The van der Waals surface area contributed by atoms with Crippen molar-refractivity contribution in [2.24, 2.45) is 0 Å². The van der Waals surface area contributed by atoms with E-state index in [2.05, 4.69) is 28.1 Å². The van der Waals surface area contributed by atoms with E-state index in [1.807, 2.05) is 30.3 Å². The molecule has 2 heterocycles. The second kappa shape index (κ2) is 8.54. The lowest BCUT2D eigenvalue weighted by atomic mass is 9.84. The summed E-state index contributed by atoms with van der Waals surface area (Å²) in [6.45, 7) is 2.65. The Labute approximate surface area is 183 Å². The van der Waals surface area contributed by atoms with E-state index in [1.165, 1.54) is 22.9 Å². The number of aryl methyl sites for hydroxylation is 1. The summed E-state index contributed by atoms with van der Waals surface area (Å²) in [4.78, 5) is 17.9. The van der Waals surface area contributed by atoms with Crippen molar-refractivity contribution < 1.29 is 5.11 Å². The zero-order chi connectivity index (χ0) is 19.8. The van der Waals surface area contributed by atoms with Gasteiger partial charge < -0.3 is 10.1 Å². The average molecular weight is 425 g/mol. The third-order valence-electron chi connectivity index (χ3n) is 6.80. The number of aromatic amines is 1. The number of likely N-dealkylation sites (tertiary alicyclic amines) is 1. The van der Waals surface area contributed by atoms with Crippen molar-refractivity contribution in [3.05, 3.63) is 81.1 Å². The number of halogens is 1. The number of rotatable bonds is 3. The Kier molecular flexibility index (Phi) is 6.01. The van der Waals surface area contributed by atoms with E-state index in [4.69, 9.17) is 0 Å². The van der Waals surface area contributed by atoms with Gasteiger partial charge in [-0.25, -0.2) is 0 Å². The van der Waals surface area contributed by atoms with E-state index >= 15 is 0 Å². The van der Waals surface area contributed by atoms with E-state index in [1.54, 1.807) is 0 Å². The number of nitrogens with zero attached hydrogens (tertiary/aromatic N) is 1. The van der Waals surface area contributed by atoms with Gasteiger partial charge in [0, 0.05) is 36.1 Å². The summed E-state index contributed by atoms with van der Waals surface area (Å²) in [6, 6.07) is 16.5. The van der Waals surface area contributed by atoms with Crippen molar-refractivity contribution >= 4 is 23.3 Å². The van der Waals surface area contributed by atoms with Gasteiger partial charge in [0.1, 0.15) is 0 Å². The lowest BCUT2D eigenvalue weighted by Crippen LogP contribution is -2.42. The second-order valence-electron chi connectivity index (χ2n) is 8.67. The van der Waals surface area contributed by atoms with Crippen LogP contribution in [0.3, 0.4) is 0 Å². The third kappa shape index (κ3) is 3.92. The summed E-state index contributed by atoms with van der Waals surface area (Å²) < 4.78 is 0. The first kappa shape index (κ1) is 21.1. The minimum atomic E-state index is -0.709. The topological polar surface area (TPSA) is 56.3 Å². The summed E-state index contributed by atoms with van der Waals surface area (Å²) in [5.41, 5.74) is 4.90. The molecule has 1 aromatic heterocycles. The lowest BCUT2D eigenvalue weighted by Gasteiger charge is -2.38. The Hall–Kier alpha value is -2.14. The molecule has 5 rings (SSSR count). The zero-order valence-electron chi connectivity index (χ0n) is 17.2. The van der Waals surface area contributed by atoms with Crippen LogP contribution in [-0.2, 0) is 25.0 Å². The molecular formula is C25H29ClN2O2. The molecular weight excluding hydrogens is 396 g/mol. The highest BCUT2D eigenvalue weighted by atomic mass is 35.5. The molecule has 30 heavy (non-hydrogen) atoms. The molecule has 1 aliphatic carbocycles. The highest BCUT2D eigenvalue weighted by Gasteiger charge is 2.33. The van der Waals surface area contributed by atoms with Gasteiger partial charge in [-0.1, -0.05) is 36.4 Å². The fraction of sp³-hybridized carbons (Fsp3) is 0.400. The molecule has 4 nitrogen and oxygen atoms in total. The number of nitrogens with one attached hydrogen (secondary N) is 1. The van der Waals surface area contributed by atoms with Crippen LogP contribution in [0, 0.1) is 0 Å². The van der Waals surface area contributed by atoms with Crippen LogP contribution in [-0.4, -0.2) is 28.1 Å². The molecule has 0 bridgehead atoms. The van der Waals surface area contributed by atoms with Crippen molar-refractivity contribution in [3.8, 4) is 0 Å². The molecule has 1 saturated heterocycles. The monoisotopic (exact) mass is 424 g/mol. The summed E-state index contributed by atoms with van der Waals surface area (Å²) in [6.07, 6.45) is 5.70. The van der Waals surface area contributed by atoms with E-state index in [0.717, 1.165) is 68.4 Å². The first-order valence-electron chi connectivity index (χ1n) is 10.8. The Balaban J connectivity index is 0.00000218. The number of piperidine rings is 1. The quantitative estimate of drug-likeness (QED) is 0.658. The summed E-state index contributed by atoms with van der Waals surface area (Å²) in [7, 11) is 0. The number of aliphatic hydroxyl groups is 1.